The SMILES string of the molecule is CC(=O)N1CCCN(C(=O)Nc2cccc(N3C(=O)CC[C@H]3C)c2)CC1. The van der Waals surface area contributed by atoms with Crippen molar-refractivity contribution in [3.8, 4) is 0 Å². The minimum absolute atomic E-state index is 0.0457. The summed E-state index contributed by atoms with van der Waals surface area (Å²) < 4.78 is 0. The van der Waals surface area contributed by atoms with Crippen LogP contribution in [0.1, 0.15) is 33.1 Å². The molecule has 0 aromatic heterocycles. The summed E-state index contributed by atoms with van der Waals surface area (Å²) in [5.41, 5.74) is 1.49. The highest BCUT2D eigenvalue weighted by Gasteiger charge is 2.29. The van der Waals surface area contributed by atoms with E-state index in [0.717, 1.165) is 18.5 Å². The fourth-order valence-corrected chi connectivity index (χ4v) is 3.60. The molecule has 2 heterocycles. The van der Waals surface area contributed by atoms with E-state index < -0.39 is 0 Å². The van der Waals surface area contributed by atoms with Gasteiger partial charge in [0.25, 0.3) is 0 Å². The van der Waals surface area contributed by atoms with E-state index in [0.29, 0.717) is 38.3 Å². The van der Waals surface area contributed by atoms with E-state index in [1.165, 1.54) is 0 Å². The smallest absolute Gasteiger partial charge is 0.321 e. The van der Waals surface area contributed by atoms with Crippen LogP contribution >= 0.6 is 0 Å². The summed E-state index contributed by atoms with van der Waals surface area (Å²) in [6.45, 7) is 5.98. The monoisotopic (exact) mass is 358 g/mol. The van der Waals surface area contributed by atoms with Gasteiger partial charge in [-0.15, -0.1) is 0 Å². The first kappa shape index (κ1) is 18.2. The van der Waals surface area contributed by atoms with Crippen molar-refractivity contribution in [3.63, 3.8) is 0 Å². The third-order valence-corrected chi connectivity index (χ3v) is 5.09. The summed E-state index contributed by atoms with van der Waals surface area (Å²) in [5, 5.41) is 2.92. The number of urea groups is 1. The van der Waals surface area contributed by atoms with Crippen LogP contribution in [0.2, 0.25) is 0 Å². The van der Waals surface area contributed by atoms with Gasteiger partial charge in [-0.3, -0.25) is 9.59 Å². The summed E-state index contributed by atoms with van der Waals surface area (Å²) in [7, 11) is 0. The van der Waals surface area contributed by atoms with E-state index in [4.69, 9.17) is 0 Å². The van der Waals surface area contributed by atoms with Crippen LogP contribution in [0.5, 0.6) is 0 Å². The molecular weight excluding hydrogens is 332 g/mol. The first-order valence-electron chi connectivity index (χ1n) is 9.19. The van der Waals surface area contributed by atoms with E-state index in [2.05, 4.69) is 5.32 Å². The molecule has 2 aliphatic rings. The van der Waals surface area contributed by atoms with Gasteiger partial charge in [0, 0.05) is 56.9 Å². The van der Waals surface area contributed by atoms with Crippen LogP contribution in [-0.4, -0.2) is 59.9 Å². The molecule has 0 radical (unpaired) electrons. The lowest BCUT2D eigenvalue weighted by Crippen LogP contribution is -2.38. The maximum atomic E-state index is 12.6. The second kappa shape index (κ2) is 7.76. The molecule has 0 saturated carbocycles. The molecule has 1 atom stereocenters. The molecule has 1 N–H and O–H groups in total. The summed E-state index contributed by atoms with van der Waals surface area (Å²) in [6.07, 6.45) is 2.20. The predicted molar refractivity (Wildman–Crippen MR) is 100 cm³/mol. The lowest BCUT2D eigenvalue weighted by atomic mass is 10.2. The lowest BCUT2D eigenvalue weighted by Gasteiger charge is -2.24. The van der Waals surface area contributed by atoms with E-state index >= 15 is 0 Å². The zero-order chi connectivity index (χ0) is 18.7. The standard InChI is InChI=1S/C19H26N4O3/c1-14-7-8-18(25)23(14)17-6-3-5-16(13-17)20-19(26)22-10-4-9-21(11-12-22)15(2)24/h3,5-6,13-14H,4,7-12H2,1-2H3,(H,20,26)/t14-/m1/s1. The van der Waals surface area contributed by atoms with Crippen LogP contribution in [0.15, 0.2) is 24.3 Å². The van der Waals surface area contributed by atoms with Crippen LogP contribution in [0.3, 0.4) is 0 Å². The number of anilines is 2. The number of hydrogen-bond donors (Lipinski definition) is 1. The van der Waals surface area contributed by atoms with Crippen molar-refractivity contribution >= 4 is 29.2 Å². The molecule has 26 heavy (non-hydrogen) atoms. The van der Waals surface area contributed by atoms with Crippen LogP contribution < -0.4 is 10.2 Å². The Morgan fingerprint density at radius 2 is 1.85 bits per heavy atom. The molecule has 0 unspecified atom stereocenters. The van der Waals surface area contributed by atoms with Crippen molar-refractivity contribution < 1.29 is 14.4 Å². The number of hydrogen-bond acceptors (Lipinski definition) is 3. The fourth-order valence-electron chi connectivity index (χ4n) is 3.60. The molecule has 1 aromatic rings. The van der Waals surface area contributed by atoms with Gasteiger partial charge in [0.05, 0.1) is 0 Å². The van der Waals surface area contributed by atoms with Gasteiger partial charge in [-0.1, -0.05) is 6.07 Å². The number of benzene rings is 1. The maximum absolute atomic E-state index is 12.6. The van der Waals surface area contributed by atoms with Crippen LogP contribution in [-0.2, 0) is 9.59 Å². The Bertz CT molecular complexity index is 706. The molecule has 2 aliphatic heterocycles. The first-order valence-corrected chi connectivity index (χ1v) is 9.19. The highest BCUT2D eigenvalue weighted by atomic mass is 16.2. The van der Waals surface area contributed by atoms with Gasteiger partial charge in [-0.25, -0.2) is 4.79 Å². The molecule has 3 rings (SSSR count). The highest BCUT2D eigenvalue weighted by Crippen LogP contribution is 2.28. The average molecular weight is 358 g/mol. The van der Waals surface area contributed by atoms with Gasteiger partial charge in [-0.2, -0.15) is 0 Å². The minimum atomic E-state index is -0.173. The Morgan fingerprint density at radius 3 is 2.54 bits per heavy atom. The molecule has 7 nitrogen and oxygen atoms in total. The Labute approximate surface area is 153 Å². The second-order valence-electron chi connectivity index (χ2n) is 6.98. The molecule has 2 fully saturated rings. The molecule has 1 aromatic carbocycles. The van der Waals surface area contributed by atoms with Crippen molar-refractivity contribution in [2.24, 2.45) is 0 Å². The summed E-state index contributed by atoms with van der Waals surface area (Å²) in [6, 6.07) is 7.42. The van der Waals surface area contributed by atoms with Crippen LogP contribution in [0, 0.1) is 0 Å². The zero-order valence-corrected chi connectivity index (χ0v) is 15.4. The summed E-state index contributed by atoms with van der Waals surface area (Å²) >= 11 is 0. The normalized spacial score (nSPS) is 20.9. The maximum Gasteiger partial charge on any atom is 0.321 e. The molecule has 0 aliphatic carbocycles. The third-order valence-electron chi connectivity index (χ3n) is 5.09. The van der Waals surface area contributed by atoms with E-state index in [1.807, 2.05) is 31.2 Å². The largest absolute Gasteiger partial charge is 0.341 e. The third kappa shape index (κ3) is 3.98. The highest BCUT2D eigenvalue weighted by molar-refractivity contribution is 5.97. The van der Waals surface area contributed by atoms with Gasteiger partial charge in [0.2, 0.25) is 11.8 Å². The Kier molecular flexibility index (Phi) is 5.44. The first-order chi connectivity index (χ1) is 12.5. The van der Waals surface area contributed by atoms with Gasteiger partial charge < -0.3 is 20.0 Å². The van der Waals surface area contributed by atoms with E-state index in [-0.39, 0.29) is 23.9 Å². The van der Waals surface area contributed by atoms with E-state index in [1.54, 1.807) is 21.6 Å². The summed E-state index contributed by atoms with van der Waals surface area (Å²) in [4.78, 5) is 41.5. The van der Waals surface area contributed by atoms with Crippen LogP contribution in [0.25, 0.3) is 0 Å². The lowest BCUT2D eigenvalue weighted by molar-refractivity contribution is -0.128. The number of carbonyl (C=O) groups is 3. The van der Waals surface area contributed by atoms with Gasteiger partial charge in [0.1, 0.15) is 0 Å². The van der Waals surface area contributed by atoms with Crippen molar-refractivity contribution in [2.75, 3.05) is 36.4 Å². The van der Waals surface area contributed by atoms with Crippen molar-refractivity contribution in [1.82, 2.24) is 9.80 Å². The zero-order valence-electron chi connectivity index (χ0n) is 15.4. The van der Waals surface area contributed by atoms with Crippen molar-refractivity contribution in [3.05, 3.63) is 24.3 Å². The van der Waals surface area contributed by atoms with Crippen molar-refractivity contribution in [1.29, 1.82) is 0 Å². The van der Waals surface area contributed by atoms with Gasteiger partial charge in [-0.05, 0) is 38.0 Å². The van der Waals surface area contributed by atoms with E-state index in [9.17, 15) is 14.4 Å². The number of nitrogens with zero attached hydrogens (tertiary/aromatic N) is 3. The number of rotatable bonds is 2. The molecule has 4 amide bonds. The number of amides is 4. The number of carbonyl (C=O) groups excluding carboxylic acids is 3. The average Bonchev–Trinajstić information content (AvgIpc) is 2.81. The quantitative estimate of drug-likeness (QED) is 0.882. The van der Waals surface area contributed by atoms with Crippen molar-refractivity contribution in [2.45, 2.75) is 39.2 Å². The fraction of sp³-hybridized carbons (Fsp3) is 0.526. The van der Waals surface area contributed by atoms with Gasteiger partial charge in [0.15, 0.2) is 0 Å². The summed E-state index contributed by atoms with van der Waals surface area (Å²) in [5.74, 6) is 0.169. The molecule has 7 heteroatoms. The topological polar surface area (TPSA) is 73.0 Å². The van der Waals surface area contributed by atoms with Crippen LogP contribution in [0.4, 0.5) is 16.2 Å². The Balaban J connectivity index is 1.65. The molecule has 0 bridgehead atoms. The number of nitrogens with one attached hydrogen (secondary N) is 1. The second-order valence-corrected chi connectivity index (χ2v) is 6.98. The Hall–Kier alpha value is -2.57. The molecular formula is C19H26N4O3. The van der Waals surface area contributed by atoms with Gasteiger partial charge >= 0.3 is 6.03 Å². The molecule has 2 saturated heterocycles. The molecule has 140 valence electrons. The predicted octanol–water partition coefficient (Wildman–Crippen LogP) is 2.29. The minimum Gasteiger partial charge on any atom is -0.341 e. The Morgan fingerprint density at radius 1 is 1.12 bits per heavy atom. The molecule has 0 spiro atoms.